The first kappa shape index (κ1) is 12.4. The van der Waals surface area contributed by atoms with E-state index in [0.717, 1.165) is 17.0 Å². The molecule has 0 saturated heterocycles. The van der Waals surface area contributed by atoms with E-state index < -0.39 is 0 Å². The lowest BCUT2D eigenvalue weighted by molar-refractivity contribution is 0.503. The summed E-state index contributed by atoms with van der Waals surface area (Å²) in [5.41, 5.74) is 0.905. The zero-order valence-corrected chi connectivity index (χ0v) is 11.3. The molecule has 0 aliphatic carbocycles. The highest BCUT2D eigenvalue weighted by Gasteiger charge is 2.18. The monoisotopic (exact) mass is 272 g/mol. The zero-order valence-electron chi connectivity index (χ0n) is 9.68. The number of nitrogens with zero attached hydrogens (tertiary/aromatic N) is 4. The van der Waals surface area contributed by atoms with E-state index in [1.807, 2.05) is 0 Å². The van der Waals surface area contributed by atoms with Crippen LogP contribution in [0, 0.1) is 0 Å². The standard InChI is InChI=1S/C10H13ClN4OS/c1-6(2)8-9(17-15-13-8)10-14-12-7(16-10)4-3-5-11/h6H,3-5H2,1-2H3. The van der Waals surface area contributed by atoms with Crippen LogP contribution in [-0.4, -0.2) is 25.7 Å². The molecule has 0 unspecified atom stereocenters. The Kier molecular flexibility index (Phi) is 4.06. The van der Waals surface area contributed by atoms with Crippen molar-refractivity contribution in [2.45, 2.75) is 32.6 Å². The Hall–Kier alpha value is -1.01. The van der Waals surface area contributed by atoms with Gasteiger partial charge in [-0.2, -0.15) is 0 Å². The van der Waals surface area contributed by atoms with Gasteiger partial charge >= 0.3 is 0 Å². The van der Waals surface area contributed by atoms with Gasteiger partial charge in [-0.25, -0.2) is 0 Å². The third kappa shape index (κ3) is 2.81. The molecule has 17 heavy (non-hydrogen) atoms. The van der Waals surface area contributed by atoms with Gasteiger partial charge in [-0.1, -0.05) is 18.3 Å². The molecule has 7 heteroatoms. The highest BCUT2D eigenvalue weighted by molar-refractivity contribution is 7.09. The van der Waals surface area contributed by atoms with Crippen LogP contribution in [-0.2, 0) is 6.42 Å². The van der Waals surface area contributed by atoms with Crippen LogP contribution in [0.25, 0.3) is 10.8 Å². The highest BCUT2D eigenvalue weighted by atomic mass is 35.5. The maximum absolute atomic E-state index is 5.62. The molecule has 2 rings (SSSR count). The molecule has 2 heterocycles. The van der Waals surface area contributed by atoms with Crippen LogP contribution in [0.15, 0.2) is 4.42 Å². The second kappa shape index (κ2) is 5.55. The van der Waals surface area contributed by atoms with Crippen molar-refractivity contribution in [2.24, 2.45) is 0 Å². The third-order valence-electron chi connectivity index (χ3n) is 2.25. The van der Waals surface area contributed by atoms with E-state index in [2.05, 4.69) is 33.6 Å². The molecule has 2 aromatic heterocycles. The minimum atomic E-state index is 0.293. The van der Waals surface area contributed by atoms with Gasteiger partial charge in [-0.15, -0.1) is 26.9 Å². The Morgan fingerprint density at radius 2 is 2.12 bits per heavy atom. The Morgan fingerprint density at radius 3 is 2.82 bits per heavy atom. The molecule has 0 N–H and O–H groups in total. The van der Waals surface area contributed by atoms with Gasteiger partial charge in [0.15, 0.2) is 0 Å². The molecule has 0 aliphatic heterocycles. The van der Waals surface area contributed by atoms with Crippen molar-refractivity contribution in [3.8, 4) is 10.8 Å². The van der Waals surface area contributed by atoms with Gasteiger partial charge < -0.3 is 4.42 Å². The average molecular weight is 273 g/mol. The fourth-order valence-electron chi connectivity index (χ4n) is 1.39. The van der Waals surface area contributed by atoms with E-state index >= 15 is 0 Å². The van der Waals surface area contributed by atoms with E-state index in [9.17, 15) is 0 Å². The lowest BCUT2D eigenvalue weighted by atomic mass is 10.1. The molecule has 0 atom stereocenters. The van der Waals surface area contributed by atoms with Crippen LogP contribution in [0.1, 0.15) is 37.8 Å². The van der Waals surface area contributed by atoms with E-state index in [4.69, 9.17) is 16.0 Å². The first-order valence-corrected chi connectivity index (χ1v) is 6.74. The molecular weight excluding hydrogens is 260 g/mol. The summed E-state index contributed by atoms with van der Waals surface area (Å²) < 4.78 is 9.50. The van der Waals surface area contributed by atoms with Crippen LogP contribution >= 0.6 is 23.1 Å². The summed E-state index contributed by atoms with van der Waals surface area (Å²) in [7, 11) is 0. The van der Waals surface area contributed by atoms with Gasteiger partial charge in [0.2, 0.25) is 5.89 Å². The number of rotatable bonds is 5. The summed E-state index contributed by atoms with van der Waals surface area (Å²) in [6.07, 6.45) is 1.54. The predicted molar refractivity (Wildman–Crippen MR) is 66.3 cm³/mol. The number of alkyl halides is 1. The summed E-state index contributed by atoms with van der Waals surface area (Å²) >= 11 is 6.90. The summed E-state index contributed by atoms with van der Waals surface area (Å²) in [5.74, 6) is 2.01. The van der Waals surface area contributed by atoms with Crippen molar-refractivity contribution in [1.29, 1.82) is 0 Å². The highest BCUT2D eigenvalue weighted by Crippen LogP contribution is 2.29. The van der Waals surface area contributed by atoms with Crippen LogP contribution in [0.4, 0.5) is 0 Å². The Bertz CT molecular complexity index is 482. The van der Waals surface area contributed by atoms with Gasteiger partial charge in [0.1, 0.15) is 4.88 Å². The molecule has 0 amide bonds. The predicted octanol–water partition coefficient (Wildman–Crippen LogP) is 2.88. The molecule has 0 bridgehead atoms. The first-order chi connectivity index (χ1) is 8.22. The summed E-state index contributed by atoms with van der Waals surface area (Å²) in [5, 5.41) is 12.1. The minimum absolute atomic E-state index is 0.293. The fraction of sp³-hybridized carbons (Fsp3) is 0.600. The van der Waals surface area contributed by atoms with Crippen LogP contribution in [0.3, 0.4) is 0 Å². The largest absolute Gasteiger partial charge is 0.420 e. The second-order valence-electron chi connectivity index (χ2n) is 3.94. The molecule has 0 radical (unpaired) electrons. The molecular formula is C10H13ClN4OS. The molecule has 5 nitrogen and oxygen atoms in total. The number of halogens is 1. The smallest absolute Gasteiger partial charge is 0.261 e. The minimum Gasteiger partial charge on any atom is -0.420 e. The third-order valence-corrected chi connectivity index (χ3v) is 3.24. The van der Waals surface area contributed by atoms with Crippen LogP contribution in [0.2, 0.25) is 0 Å². The van der Waals surface area contributed by atoms with Crippen molar-refractivity contribution in [1.82, 2.24) is 19.8 Å². The maximum atomic E-state index is 5.62. The van der Waals surface area contributed by atoms with Crippen LogP contribution < -0.4 is 0 Å². The van der Waals surface area contributed by atoms with Gasteiger partial charge in [0.05, 0.1) is 5.69 Å². The molecule has 0 aromatic carbocycles. The molecule has 2 aromatic rings. The number of aryl methyl sites for hydroxylation is 1. The SMILES string of the molecule is CC(C)c1nnsc1-c1nnc(CCCCl)o1. The van der Waals surface area contributed by atoms with Crippen molar-refractivity contribution in [2.75, 3.05) is 5.88 Å². The molecule has 0 fully saturated rings. The maximum Gasteiger partial charge on any atom is 0.261 e. The van der Waals surface area contributed by atoms with Gasteiger partial charge in [0, 0.05) is 12.3 Å². The first-order valence-electron chi connectivity index (χ1n) is 5.43. The number of aromatic nitrogens is 4. The summed E-state index contributed by atoms with van der Waals surface area (Å²) in [6.45, 7) is 4.12. The molecule has 0 aliphatic rings. The molecule has 0 spiro atoms. The second-order valence-corrected chi connectivity index (χ2v) is 5.07. The number of hydrogen-bond donors (Lipinski definition) is 0. The average Bonchev–Trinajstić information content (AvgIpc) is 2.94. The van der Waals surface area contributed by atoms with Gasteiger partial charge in [0.25, 0.3) is 5.89 Å². The van der Waals surface area contributed by atoms with E-state index in [0.29, 0.717) is 30.0 Å². The quantitative estimate of drug-likeness (QED) is 0.783. The van der Waals surface area contributed by atoms with Crippen molar-refractivity contribution in [3.05, 3.63) is 11.6 Å². The Labute approximate surface area is 108 Å². The van der Waals surface area contributed by atoms with Crippen molar-refractivity contribution in [3.63, 3.8) is 0 Å². The van der Waals surface area contributed by atoms with E-state index in [-0.39, 0.29) is 0 Å². The normalized spacial score (nSPS) is 11.3. The topological polar surface area (TPSA) is 64.7 Å². The Morgan fingerprint density at radius 1 is 1.29 bits per heavy atom. The number of hydrogen-bond acceptors (Lipinski definition) is 6. The van der Waals surface area contributed by atoms with Gasteiger partial charge in [-0.05, 0) is 23.9 Å². The van der Waals surface area contributed by atoms with E-state index in [1.165, 1.54) is 11.5 Å². The lowest BCUT2D eigenvalue weighted by Gasteiger charge is -1.99. The summed E-state index contributed by atoms with van der Waals surface area (Å²) in [4.78, 5) is 0.865. The van der Waals surface area contributed by atoms with Crippen molar-refractivity contribution >= 4 is 23.1 Å². The van der Waals surface area contributed by atoms with E-state index in [1.54, 1.807) is 0 Å². The Balaban J connectivity index is 2.21. The van der Waals surface area contributed by atoms with Crippen LogP contribution in [0.5, 0.6) is 0 Å². The fourth-order valence-corrected chi connectivity index (χ4v) is 2.26. The molecule has 0 saturated carbocycles. The molecule has 92 valence electrons. The van der Waals surface area contributed by atoms with Crippen molar-refractivity contribution < 1.29 is 4.42 Å². The van der Waals surface area contributed by atoms with Gasteiger partial charge in [-0.3, -0.25) is 0 Å². The zero-order chi connectivity index (χ0) is 12.3. The lowest BCUT2D eigenvalue weighted by Crippen LogP contribution is -1.90. The summed E-state index contributed by atoms with van der Waals surface area (Å²) in [6, 6.07) is 0.